The fraction of sp³-hybridized carbons (Fsp3) is 0.316. The number of furan rings is 1. The van der Waals surface area contributed by atoms with Gasteiger partial charge in [0.05, 0.1) is 22.9 Å². The van der Waals surface area contributed by atoms with Crippen LogP contribution in [0.3, 0.4) is 0 Å². The van der Waals surface area contributed by atoms with Crippen LogP contribution in [0.25, 0.3) is 20.8 Å². The molecule has 136 valence electrons. The number of aromatic nitrogens is 1. The molecule has 0 radical (unpaired) electrons. The number of carbonyl (C=O) groups is 2. The smallest absolute Gasteiger partial charge is 0.342 e. The number of carbonyl (C=O) groups excluding carboxylic acids is 2. The summed E-state index contributed by atoms with van der Waals surface area (Å²) in [6.45, 7) is 3.69. The summed E-state index contributed by atoms with van der Waals surface area (Å²) in [6.07, 6.45) is 2.09. The first-order chi connectivity index (χ1) is 12.5. The van der Waals surface area contributed by atoms with Crippen LogP contribution in [-0.4, -0.2) is 24.0 Å². The first-order valence-corrected chi connectivity index (χ1v) is 9.24. The number of anilines is 1. The second kappa shape index (κ2) is 7.70. The molecular formula is C19H20N2O4S. The Morgan fingerprint density at radius 3 is 2.77 bits per heavy atom. The van der Waals surface area contributed by atoms with Gasteiger partial charge in [0.25, 0.3) is 0 Å². The van der Waals surface area contributed by atoms with Crippen molar-refractivity contribution in [3.8, 4) is 10.6 Å². The van der Waals surface area contributed by atoms with Crippen molar-refractivity contribution >= 4 is 39.3 Å². The Hall–Kier alpha value is -2.67. The number of ether oxygens (including phenoxy) is 1. The average Bonchev–Trinajstić information content (AvgIpc) is 3.19. The normalized spacial score (nSPS) is 10.9. The number of nitrogens with zero attached hydrogens (tertiary/aromatic N) is 1. The van der Waals surface area contributed by atoms with Gasteiger partial charge in [0.2, 0.25) is 11.8 Å². The van der Waals surface area contributed by atoms with Gasteiger partial charge in [0.15, 0.2) is 0 Å². The third kappa shape index (κ3) is 3.48. The van der Waals surface area contributed by atoms with E-state index in [1.807, 2.05) is 31.2 Å². The van der Waals surface area contributed by atoms with Crippen LogP contribution in [0.4, 0.5) is 5.88 Å². The number of amides is 1. The fourth-order valence-corrected chi connectivity index (χ4v) is 3.70. The van der Waals surface area contributed by atoms with E-state index < -0.39 is 5.97 Å². The highest BCUT2D eigenvalue weighted by Crippen LogP contribution is 2.40. The molecule has 0 unspecified atom stereocenters. The van der Waals surface area contributed by atoms with E-state index in [2.05, 4.69) is 10.3 Å². The lowest BCUT2D eigenvalue weighted by molar-refractivity contribution is -0.116. The summed E-state index contributed by atoms with van der Waals surface area (Å²) in [5, 5.41) is 3.39. The van der Waals surface area contributed by atoms with E-state index in [0.717, 1.165) is 23.1 Å². The summed E-state index contributed by atoms with van der Waals surface area (Å²) >= 11 is 1.43. The molecule has 0 aliphatic rings. The van der Waals surface area contributed by atoms with Crippen LogP contribution in [0.1, 0.15) is 42.3 Å². The number of thiazole rings is 1. The maximum absolute atomic E-state index is 12.3. The number of benzene rings is 1. The van der Waals surface area contributed by atoms with E-state index in [1.165, 1.54) is 18.4 Å². The minimum absolute atomic E-state index is 0.153. The summed E-state index contributed by atoms with van der Waals surface area (Å²) in [4.78, 5) is 29.1. The number of hydrogen-bond donors (Lipinski definition) is 1. The minimum Gasteiger partial charge on any atom is -0.465 e. The fourth-order valence-electron chi connectivity index (χ4n) is 2.69. The number of hydrogen-bond acceptors (Lipinski definition) is 6. The number of esters is 1. The summed E-state index contributed by atoms with van der Waals surface area (Å²) in [6, 6.07) is 7.70. The summed E-state index contributed by atoms with van der Waals surface area (Å²) in [5.41, 5.74) is 1.59. The summed E-state index contributed by atoms with van der Waals surface area (Å²) in [7, 11) is 1.32. The van der Waals surface area contributed by atoms with E-state index in [0.29, 0.717) is 22.8 Å². The Morgan fingerprint density at radius 2 is 2.08 bits per heavy atom. The van der Waals surface area contributed by atoms with Crippen molar-refractivity contribution in [3.05, 3.63) is 35.6 Å². The van der Waals surface area contributed by atoms with Crippen molar-refractivity contribution in [1.82, 2.24) is 4.98 Å². The Bertz CT molecular complexity index is 925. The van der Waals surface area contributed by atoms with Gasteiger partial charge in [-0.2, -0.15) is 0 Å². The van der Waals surface area contributed by atoms with E-state index in [9.17, 15) is 9.59 Å². The molecule has 1 amide bonds. The predicted octanol–water partition coefficient (Wildman–Crippen LogP) is 4.78. The zero-order valence-electron chi connectivity index (χ0n) is 14.9. The molecule has 0 spiro atoms. The monoisotopic (exact) mass is 372 g/mol. The number of rotatable bonds is 6. The van der Waals surface area contributed by atoms with Gasteiger partial charge in [-0.3, -0.25) is 10.1 Å². The SMILES string of the molecule is CCCCC(=O)Nc1oc(C)c(C(=O)OC)c1-c1nc2ccccc2s1. The predicted molar refractivity (Wildman–Crippen MR) is 102 cm³/mol. The molecule has 6 nitrogen and oxygen atoms in total. The lowest BCUT2D eigenvalue weighted by Crippen LogP contribution is -2.11. The molecular weight excluding hydrogens is 352 g/mol. The molecule has 2 heterocycles. The molecule has 2 aromatic heterocycles. The van der Waals surface area contributed by atoms with Crippen LogP contribution in [0, 0.1) is 6.92 Å². The molecule has 1 N–H and O–H groups in total. The molecule has 1 aromatic carbocycles. The second-order valence-corrected chi connectivity index (χ2v) is 6.90. The Balaban J connectivity index is 2.10. The molecule has 0 atom stereocenters. The summed E-state index contributed by atoms with van der Waals surface area (Å²) in [5.74, 6) is -0.0473. The van der Waals surface area contributed by atoms with Gasteiger partial charge in [-0.15, -0.1) is 11.3 Å². The van der Waals surface area contributed by atoms with E-state index in [1.54, 1.807) is 6.92 Å². The molecule has 0 aliphatic carbocycles. The number of para-hydroxylation sites is 1. The van der Waals surface area contributed by atoms with Gasteiger partial charge in [-0.1, -0.05) is 25.5 Å². The Morgan fingerprint density at radius 1 is 1.31 bits per heavy atom. The van der Waals surface area contributed by atoms with E-state index in [-0.39, 0.29) is 17.4 Å². The molecule has 26 heavy (non-hydrogen) atoms. The van der Waals surface area contributed by atoms with Gasteiger partial charge >= 0.3 is 5.97 Å². The van der Waals surface area contributed by atoms with Crippen LogP contribution >= 0.6 is 11.3 Å². The maximum Gasteiger partial charge on any atom is 0.342 e. The van der Waals surface area contributed by atoms with Crippen LogP contribution in [0.15, 0.2) is 28.7 Å². The Kier molecular flexibility index (Phi) is 5.37. The number of aryl methyl sites for hydroxylation is 1. The second-order valence-electron chi connectivity index (χ2n) is 5.87. The largest absolute Gasteiger partial charge is 0.465 e. The van der Waals surface area contributed by atoms with E-state index >= 15 is 0 Å². The molecule has 0 bridgehead atoms. The van der Waals surface area contributed by atoms with Crippen molar-refractivity contribution < 1.29 is 18.7 Å². The van der Waals surface area contributed by atoms with Gasteiger partial charge in [0.1, 0.15) is 16.3 Å². The molecule has 3 aromatic rings. The highest BCUT2D eigenvalue weighted by molar-refractivity contribution is 7.21. The molecule has 0 fully saturated rings. The van der Waals surface area contributed by atoms with Crippen molar-refractivity contribution in [2.75, 3.05) is 12.4 Å². The lowest BCUT2D eigenvalue weighted by atomic mass is 10.1. The third-order valence-corrected chi connectivity index (χ3v) is 5.05. The van der Waals surface area contributed by atoms with E-state index in [4.69, 9.17) is 9.15 Å². The first-order valence-electron chi connectivity index (χ1n) is 8.42. The highest BCUT2D eigenvalue weighted by Gasteiger charge is 2.28. The van der Waals surface area contributed by atoms with Gasteiger partial charge in [0, 0.05) is 6.42 Å². The number of fused-ring (bicyclic) bond motifs is 1. The molecule has 0 saturated heterocycles. The molecule has 3 rings (SSSR count). The molecule has 7 heteroatoms. The van der Waals surface area contributed by atoms with Crippen molar-refractivity contribution in [3.63, 3.8) is 0 Å². The quantitative estimate of drug-likeness (QED) is 0.630. The average molecular weight is 372 g/mol. The lowest BCUT2D eigenvalue weighted by Gasteiger charge is -2.04. The van der Waals surface area contributed by atoms with Gasteiger partial charge < -0.3 is 9.15 Å². The Labute approximate surface area is 155 Å². The zero-order chi connectivity index (χ0) is 18.7. The van der Waals surface area contributed by atoms with Crippen LogP contribution < -0.4 is 5.32 Å². The summed E-state index contributed by atoms with van der Waals surface area (Å²) < 4.78 is 11.6. The number of nitrogens with one attached hydrogen (secondary N) is 1. The van der Waals surface area contributed by atoms with Crippen LogP contribution in [0.2, 0.25) is 0 Å². The highest BCUT2D eigenvalue weighted by atomic mass is 32.1. The van der Waals surface area contributed by atoms with Crippen molar-refractivity contribution in [2.45, 2.75) is 33.1 Å². The molecule has 0 aliphatic heterocycles. The molecule has 0 saturated carbocycles. The topological polar surface area (TPSA) is 81.4 Å². The minimum atomic E-state index is -0.519. The van der Waals surface area contributed by atoms with Crippen molar-refractivity contribution in [2.24, 2.45) is 0 Å². The number of methoxy groups -OCH3 is 1. The third-order valence-electron chi connectivity index (χ3n) is 3.99. The maximum atomic E-state index is 12.3. The van der Waals surface area contributed by atoms with Gasteiger partial charge in [-0.25, -0.2) is 9.78 Å². The number of unbranched alkanes of at least 4 members (excludes halogenated alkanes) is 1. The van der Waals surface area contributed by atoms with Gasteiger partial charge in [-0.05, 0) is 25.5 Å². The van der Waals surface area contributed by atoms with Crippen LogP contribution in [0.5, 0.6) is 0 Å². The standard InChI is InChI=1S/C19H20N2O4S/c1-4-5-10-14(22)21-17-16(15(11(2)25-17)19(23)24-3)18-20-12-8-6-7-9-13(12)26-18/h6-9H,4-5,10H2,1-3H3,(H,21,22). The van der Waals surface area contributed by atoms with Crippen molar-refractivity contribution in [1.29, 1.82) is 0 Å². The van der Waals surface area contributed by atoms with Crippen LogP contribution in [-0.2, 0) is 9.53 Å². The first kappa shape index (κ1) is 18.1. The zero-order valence-corrected chi connectivity index (χ0v) is 15.7.